The van der Waals surface area contributed by atoms with Gasteiger partial charge in [0.25, 0.3) is 17.4 Å². The molecule has 0 aliphatic rings. The molecular weight excluding hydrogens is 398 g/mol. The number of aromatic amines is 1. The molecule has 0 saturated carbocycles. The van der Waals surface area contributed by atoms with E-state index in [9.17, 15) is 14.4 Å². The Bertz CT molecular complexity index is 1090. The number of amides is 2. The van der Waals surface area contributed by atoms with E-state index in [0.717, 1.165) is 11.3 Å². The number of carbonyl (C=O) groups excluding carboxylic acids is 2. The van der Waals surface area contributed by atoms with Crippen molar-refractivity contribution in [2.75, 3.05) is 5.32 Å². The number of benzene rings is 1. The molecule has 0 fully saturated rings. The number of hydrogen-bond donors (Lipinski definition) is 3. The third-order valence-electron chi connectivity index (χ3n) is 4.14. The summed E-state index contributed by atoms with van der Waals surface area (Å²) < 4.78 is 0. The molecule has 144 valence electrons. The second-order valence-electron chi connectivity index (χ2n) is 6.25. The van der Waals surface area contributed by atoms with Crippen LogP contribution in [-0.2, 0) is 6.54 Å². The van der Waals surface area contributed by atoms with E-state index in [4.69, 9.17) is 11.6 Å². The molecule has 0 radical (unpaired) electrons. The topological polar surface area (TPSA) is 91.1 Å². The fourth-order valence-corrected chi connectivity index (χ4v) is 3.57. The van der Waals surface area contributed by atoms with Crippen LogP contribution >= 0.6 is 22.9 Å². The molecule has 3 rings (SSSR count). The Labute approximate surface area is 170 Å². The summed E-state index contributed by atoms with van der Waals surface area (Å²) >= 11 is 7.33. The van der Waals surface area contributed by atoms with Crippen LogP contribution in [0.15, 0.2) is 46.6 Å². The standard InChI is InChI=1S/C20H18ClN3O3S/c1-11-8-12(2)23-19(26)15(11)10-22-18(25)14-6-5-13(21)9-16(14)24-20(27)17-4-3-7-28-17/h3-9H,10H2,1-2H3,(H,22,25)(H,23,26)(H,24,27). The summed E-state index contributed by atoms with van der Waals surface area (Å²) in [6, 6.07) is 9.93. The molecule has 0 unspecified atom stereocenters. The third-order valence-corrected chi connectivity index (χ3v) is 5.24. The van der Waals surface area contributed by atoms with E-state index >= 15 is 0 Å². The average Bonchev–Trinajstić information content (AvgIpc) is 3.15. The van der Waals surface area contributed by atoms with Crippen LogP contribution < -0.4 is 16.2 Å². The van der Waals surface area contributed by atoms with Crippen LogP contribution in [0.5, 0.6) is 0 Å². The molecule has 2 heterocycles. The molecule has 3 aromatic rings. The number of carbonyl (C=O) groups is 2. The van der Waals surface area contributed by atoms with Crippen molar-refractivity contribution in [1.29, 1.82) is 0 Å². The molecule has 0 saturated heterocycles. The molecular formula is C20H18ClN3O3S. The summed E-state index contributed by atoms with van der Waals surface area (Å²) in [4.78, 5) is 40.4. The predicted molar refractivity (Wildman–Crippen MR) is 111 cm³/mol. The SMILES string of the molecule is Cc1cc(C)c(CNC(=O)c2ccc(Cl)cc2NC(=O)c2cccs2)c(=O)[nH]1. The number of anilines is 1. The van der Waals surface area contributed by atoms with Crippen LogP contribution in [0, 0.1) is 13.8 Å². The normalized spacial score (nSPS) is 10.5. The molecule has 0 aliphatic carbocycles. The van der Waals surface area contributed by atoms with Gasteiger partial charge in [-0.1, -0.05) is 17.7 Å². The highest BCUT2D eigenvalue weighted by Gasteiger charge is 2.16. The lowest BCUT2D eigenvalue weighted by Gasteiger charge is -2.12. The minimum Gasteiger partial charge on any atom is -0.348 e. The first-order chi connectivity index (χ1) is 13.3. The number of nitrogens with one attached hydrogen (secondary N) is 3. The molecule has 6 nitrogen and oxygen atoms in total. The van der Waals surface area contributed by atoms with Gasteiger partial charge in [-0.3, -0.25) is 14.4 Å². The van der Waals surface area contributed by atoms with E-state index in [1.165, 1.54) is 23.5 Å². The minimum atomic E-state index is -0.419. The summed E-state index contributed by atoms with van der Waals surface area (Å²) in [6.07, 6.45) is 0. The molecule has 2 aromatic heterocycles. The molecule has 28 heavy (non-hydrogen) atoms. The van der Waals surface area contributed by atoms with Crippen molar-refractivity contribution in [1.82, 2.24) is 10.3 Å². The lowest BCUT2D eigenvalue weighted by atomic mass is 10.1. The van der Waals surface area contributed by atoms with Crippen molar-refractivity contribution >= 4 is 40.4 Å². The van der Waals surface area contributed by atoms with Crippen molar-refractivity contribution in [3.8, 4) is 0 Å². The van der Waals surface area contributed by atoms with E-state index in [0.29, 0.717) is 21.2 Å². The summed E-state index contributed by atoms with van der Waals surface area (Å²) in [5.74, 6) is -0.741. The number of rotatable bonds is 5. The lowest BCUT2D eigenvalue weighted by Crippen LogP contribution is -2.28. The van der Waals surface area contributed by atoms with Gasteiger partial charge in [0, 0.05) is 22.8 Å². The van der Waals surface area contributed by atoms with Crippen molar-refractivity contribution in [3.05, 3.63) is 84.4 Å². The highest BCUT2D eigenvalue weighted by molar-refractivity contribution is 7.12. The summed E-state index contributed by atoms with van der Waals surface area (Å²) in [5.41, 5.74) is 2.36. The van der Waals surface area contributed by atoms with Crippen molar-refractivity contribution < 1.29 is 9.59 Å². The Kier molecular flexibility index (Phi) is 5.96. The number of aromatic nitrogens is 1. The number of H-pyrrole nitrogens is 1. The highest BCUT2D eigenvalue weighted by Crippen LogP contribution is 2.23. The zero-order chi connectivity index (χ0) is 20.3. The third kappa shape index (κ3) is 4.49. The van der Waals surface area contributed by atoms with Crippen LogP contribution in [0.25, 0.3) is 0 Å². The first kappa shape index (κ1) is 19.9. The maximum atomic E-state index is 12.7. The van der Waals surface area contributed by atoms with Gasteiger partial charge >= 0.3 is 0 Å². The van der Waals surface area contributed by atoms with E-state index in [-0.39, 0.29) is 23.6 Å². The van der Waals surface area contributed by atoms with Crippen LogP contribution in [0.2, 0.25) is 5.02 Å². The second kappa shape index (κ2) is 8.41. The molecule has 1 aromatic carbocycles. The van der Waals surface area contributed by atoms with Gasteiger partial charge in [-0.15, -0.1) is 11.3 Å². The molecule has 0 atom stereocenters. The zero-order valence-electron chi connectivity index (χ0n) is 15.3. The van der Waals surface area contributed by atoms with Gasteiger partial charge in [-0.2, -0.15) is 0 Å². The first-order valence-electron chi connectivity index (χ1n) is 8.47. The van der Waals surface area contributed by atoms with Crippen molar-refractivity contribution in [2.45, 2.75) is 20.4 Å². The highest BCUT2D eigenvalue weighted by atomic mass is 35.5. The number of hydrogen-bond acceptors (Lipinski definition) is 4. The number of halogens is 1. The Morgan fingerprint density at radius 1 is 1.14 bits per heavy atom. The maximum Gasteiger partial charge on any atom is 0.265 e. The number of thiophene rings is 1. The number of aryl methyl sites for hydroxylation is 2. The Balaban J connectivity index is 1.80. The molecule has 8 heteroatoms. The van der Waals surface area contributed by atoms with E-state index in [1.54, 1.807) is 30.5 Å². The molecule has 3 N–H and O–H groups in total. The van der Waals surface area contributed by atoms with Gasteiger partial charge in [-0.05, 0) is 55.1 Å². The Morgan fingerprint density at radius 2 is 1.93 bits per heavy atom. The van der Waals surface area contributed by atoms with Crippen LogP contribution in [0.4, 0.5) is 5.69 Å². The Morgan fingerprint density at radius 3 is 2.61 bits per heavy atom. The summed E-state index contributed by atoms with van der Waals surface area (Å²) in [5, 5.41) is 7.64. The molecule has 0 aliphatic heterocycles. The monoisotopic (exact) mass is 415 g/mol. The smallest absolute Gasteiger partial charge is 0.265 e. The van der Waals surface area contributed by atoms with Gasteiger partial charge < -0.3 is 15.6 Å². The average molecular weight is 416 g/mol. The largest absolute Gasteiger partial charge is 0.348 e. The van der Waals surface area contributed by atoms with Gasteiger partial charge in [0.1, 0.15) is 0 Å². The molecule has 2 amide bonds. The van der Waals surface area contributed by atoms with E-state index < -0.39 is 5.91 Å². The van der Waals surface area contributed by atoms with Gasteiger partial charge in [0.2, 0.25) is 0 Å². The number of pyridine rings is 1. The van der Waals surface area contributed by atoms with E-state index in [2.05, 4.69) is 15.6 Å². The molecule has 0 spiro atoms. The molecule has 0 bridgehead atoms. The van der Waals surface area contributed by atoms with Crippen molar-refractivity contribution in [3.63, 3.8) is 0 Å². The fraction of sp³-hybridized carbons (Fsp3) is 0.150. The summed E-state index contributed by atoms with van der Waals surface area (Å²) in [6.45, 7) is 3.69. The second-order valence-corrected chi connectivity index (χ2v) is 7.63. The minimum absolute atomic E-state index is 0.0707. The quantitative estimate of drug-likeness (QED) is 0.590. The zero-order valence-corrected chi connectivity index (χ0v) is 16.8. The van der Waals surface area contributed by atoms with Gasteiger partial charge in [0.05, 0.1) is 16.1 Å². The first-order valence-corrected chi connectivity index (χ1v) is 9.73. The Hall–Kier alpha value is -2.90. The summed E-state index contributed by atoms with van der Waals surface area (Å²) in [7, 11) is 0. The van der Waals surface area contributed by atoms with Gasteiger partial charge in [0.15, 0.2) is 0 Å². The van der Waals surface area contributed by atoms with Crippen LogP contribution in [0.3, 0.4) is 0 Å². The predicted octanol–water partition coefficient (Wildman–Crippen LogP) is 3.89. The fourth-order valence-electron chi connectivity index (χ4n) is 2.77. The maximum absolute atomic E-state index is 12.7. The van der Waals surface area contributed by atoms with Crippen LogP contribution in [0.1, 0.15) is 36.9 Å². The lowest BCUT2D eigenvalue weighted by molar-refractivity contribution is 0.0951. The van der Waals surface area contributed by atoms with Crippen molar-refractivity contribution in [2.24, 2.45) is 0 Å². The van der Waals surface area contributed by atoms with E-state index in [1.807, 2.05) is 13.0 Å². The van der Waals surface area contributed by atoms with Gasteiger partial charge in [-0.25, -0.2) is 0 Å². The van der Waals surface area contributed by atoms with Crippen LogP contribution in [-0.4, -0.2) is 16.8 Å².